The van der Waals surface area contributed by atoms with Crippen LogP contribution in [0.4, 0.5) is 0 Å². The highest BCUT2D eigenvalue weighted by molar-refractivity contribution is 5.80. The minimum Gasteiger partial charge on any atom is -0.342 e. The Morgan fingerprint density at radius 1 is 1.29 bits per heavy atom. The number of H-pyrrole nitrogens is 1. The maximum Gasteiger partial charge on any atom is 0.277 e. The Balaban J connectivity index is 1.63. The first-order chi connectivity index (χ1) is 11.6. The van der Waals surface area contributed by atoms with Crippen molar-refractivity contribution in [3.05, 3.63) is 21.9 Å². The third kappa shape index (κ3) is 2.42. The van der Waals surface area contributed by atoms with E-state index in [1.165, 1.54) is 19.3 Å². The van der Waals surface area contributed by atoms with Gasteiger partial charge in [0.05, 0.1) is 5.69 Å². The summed E-state index contributed by atoms with van der Waals surface area (Å²) in [5.41, 5.74) is 1.77. The van der Waals surface area contributed by atoms with Gasteiger partial charge >= 0.3 is 0 Å². The number of aromatic amines is 1. The molecule has 0 spiro atoms. The van der Waals surface area contributed by atoms with E-state index < -0.39 is 0 Å². The standard InChI is InChI=1S/C17H23N5O2/c1-3-22-15-14(10(2)20-22)18-16(19-17(15)24)12-7-13(23)21(9-12)8-11-5-4-6-11/h11-12H,3-9H2,1-2H3,(H,18,19,24). The summed E-state index contributed by atoms with van der Waals surface area (Å²) < 4.78 is 1.68. The third-order valence-electron chi connectivity index (χ3n) is 5.39. The highest BCUT2D eigenvalue weighted by Gasteiger charge is 2.34. The number of fused-ring (bicyclic) bond motifs is 1. The average molecular weight is 329 g/mol. The Bertz CT molecular complexity index is 849. The second-order valence-electron chi connectivity index (χ2n) is 7.05. The molecule has 7 nitrogen and oxygen atoms in total. The van der Waals surface area contributed by atoms with Gasteiger partial charge in [-0.05, 0) is 32.6 Å². The molecule has 1 amide bonds. The van der Waals surface area contributed by atoms with E-state index in [0.717, 1.165) is 12.2 Å². The summed E-state index contributed by atoms with van der Waals surface area (Å²) in [5.74, 6) is 1.43. The highest BCUT2D eigenvalue weighted by Crippen LogP contribution is 2.32. The normalized spacial score (nSPS) is 21.7. The molecule has 4 rings (SSSR count). The number of aryl methyl sites for hydroxylation is 2. The predicted octanol–water partition coefficient (Wildman–Crippen LogP) is 1.56. The van der Waals surface area contributed by atoms with Crippen LogP contribution in [0.25, 0.3) is 11.0 Å². The first kappa shape index (κ1) is 15.4. The van der Waals surface area contributed by atoms with Crippen molar-refractivity contribution in [2.75, 3.05) is 13.1 Å². The van der Waals surface area contributed by atoms with Crippen molar-refractivity contribution < 1.29 is 4.79 Å². The molecular formula is C17H23N5O2. The zero-order chi connectivity index (χ0) is 16.8. The molecule has 0 bridgehead atoms. The number of carbonyl (C=O) groups excluding carboxylic acids is 1. The molecule has 0 aromatic carbocycles. The van der Waals surface area contributed by atoms with Gasteiger partial charge in [-0.3, -0.25) is 14.3 Å². The zero-order valence-corrected chi connectivity index (χ0v) is 14.2. The number of hydrogen-bond acceptors (Lipinski definition) is 4. The number of hydrogen-bond donors (Lipinski definition) is 1. The maximum absolute atomic E-state index is 12.5. The van der Waals surface area contributed by atoms with Crippen LogP contribution in [-0.4, -0.2) is 43.6 Å². The van der Waals surface area contributed by atoms with E-state index >= 15 is 0 Å². The SMILES string of the molecule is CCn1nc(C)c2nc(C3CC(=O)N(CC4CCC4)C3)[nH]c(=O)c21. The van der Waals surface area contributed by atoms with E-state index in [9.17, 15) is 9.59 Å². The van der Waals surface area contributed by atoms with Crippen molar-refractivity contribution in [3.8, 4) is 0 Å². The van der Waals surface area contributed by atoms with Crippen LogP contribution in [0.3, 0.4) is 0 Å². The molecule has 2 aromatic heterocycles. The lowest BCUT2D eigenvalue weighted by Crippen LogP contribution is -2.33. The maximum atomic E-state index is 12.5. The van der Waals surface area contributed by atoms with Gasteiger partial charge in [0.2, 0.25) is 5.91 Å². The summed E-state index contributed by atoms with van der Waals surface area (Å²) in [6.45, 7) is 5.96. The van der Waals surface area contributed by atoms with Gasteiger partial charge in [0.1, 0.15) is 11.3 Å². The molecule has 3 heterocycles. The molecule has 1 aliphatic heterocycles. The Morgan fingerprint density at radius 2 is 2.08 bits per heavy atom. The molecule has 2 fully saturated rings. The van der Waals surface area contributed by atoms with Gasteiger partial charge in [-0.15, -0.1) is 0 Å². The summed E-state index contributed by atoms with van der Waals surface area (Å²) in [5, 5.41) is 4.38. The van der Waals surface area contributed by atoms with Gasteiger partial charge < -0.3 is 9.88 Å². The van der Waals surface area contributed by atoms with E-state index in [4.69, 9.17) is 0 Å². The van der Waals surface area contributed by atoms with Gasteiger partial charge in [0.25, 0.3) is 5.56 Å². The molecular weight excluding hydrogens is 306 g/mol. The van der Waals surface area contributed by atoms with E-state index in [1.807, 2.05) is 18.7 Å². The van der Waals surface area contributed by atoms with Crippen LogP contribution in [0.2, 0.25) is 0 Å². The number of nitrogens with zero attached hydrogens (tertiary/aromatic N) is 4. The first-order valence-corrected chi connectivity index (χ1v) is 8.82. The van der Waals surface area contributed by atoms with Crippen LogP contribution in [0, 0.1) is 12.8 Å². The number of rotatable bonds is 4. The smallest absolute Gasteiger partial charge is 0.277 e. The number of likely N-dealkylation sites (tertiary alicyclic amines) is 1. The quantitative estimate of drug-likeness (QED) is 0.923. The molecule has 1 N–H and O–H groups in total. The fourth-order valence-electron chi connectivity index (χ4n) is 3.80. The molecule has 1 saturated carbocycles. The number of amides is 1. The second-order valence-corrected chi connectivity index (χ2v) is 7.05. The van der Waals surface area contributed by atoms with Crippen LogP contribution >= 0.6 is 0 Å². The van der Waals surface area contributed by atoms with E-state index in [0.29, 0.717) is 42.3 Å². The summed E-state index contributed by atoms with van der Waals surface area (Å²) in [6, 6.07) is 0. The minimum absolute atomic E-state index is 0.0287. The minimum atomic E-state index is -0.164. The Kier molecular flexibility index (Phi) is 3.66. The number of aromatic nitrogens is 4. The van der Waals surface area contributed by atoms with Crippen molar-refractivity contribution in [2.45, 2.75) is 52.0 Å². The highest BCUT2D eigenvalue weighted by atomic mass is 16.2. The Labute approximate surface area is 140 Å². The monoisotopic (exact) mass is 329 g/mol. The average Bonchev–Trinajstić information content (AvgIpc) is 3.04. The number of carbonyl (C=O) groups is 1. The molecule has 1 unspecified atom stereocenters. The summed E-state index contributed by atoms with van der Waals surface area (Å²) in [7, 11) is 0. The van der Waals surface area contributed by atoms with Gasteiger partial charge in [0, 0.05) is 32.0 Å². The van der Waals surface area contributed by atoms with Gasteiger partial charge in [0.15, 0.2) is 5.52 Å². The van der Waals surface area contributed by atoms with Gasteiger partial charge in [-0.25, -0.2) is 4.98 Å². The predicted molar refractivity (Wildman–Crippen MR) is 89.8 cm³/mol. The topological polar surface area (TPSA) is 83.9 Å². The van der Waals surface area contributed by atoms with E-state index in [2.05, 4.69) is 15.1 Å². The fraction of sp³-hybridized carbons (Fsp3) is 0.647. The lowest BCUT2D eigenvalue weighted by molar-refractivity contribution is -0.128. The van der Waals surface area contributed by atoms with Crippen LogP contribution in [0.15, 0.2) is 4.79 Å². The van der Waals surface area contributed by atoms with Crippen LogP contribution in [0.1, 0.15) is 50.0 Å². The van der Waals surface area contributed by atoms with Crippen LogP contribution < -0.4 is 5.56 Å². The lowest BCUT2D eigenvalue weighted by atomic mass is 9.85. The second kappa shape index (κ2) is 5.72. The third-order valence-corrected chi connectivity index (χ3v) is 5.39. The molecule has 2 aliphatic rings. The first-order valence-electron chi connectivity index (χ1n) is 8.82. The molecule has 24 heavy (non-hydrogen) atoms. The van der Waals surface area contributed by atoms with Crippen molar-refractivity contribution in [2.24, 2.45) is 5.92 Å². The molecule has 1 atom stereocenters. The van der Waals surface area contributed by atoms with Crippen LogP contribution in [-0.2, 0) is 11.3 Å². The Hall–Kier alpha value is -2.18. The van der Waals surface area contributed by atoms with Crippen molar-refractivity contribution in [3.63, 3.8) is 0 Å². The zero-order valence-electron chi connectivity index (χ0n) is 14.2. The summed E-state index contributed by atoms with van der Waals surface area (Å²) in [4.78, 5) is 34.3. The van der Waals surface area contributed by atoms with Crippen LogP contribution in [0.5, 0.6) is 0 Å². The summed E-state index contributed by atoms with van der Waals surface area (Å²) >= 11 is 0. The molecule has 2 aromatic rings. The van der Waals surface area contributed by atoms with Gasteiger partial charge in [-0.1, -0.05) is 6.42 Å². The molecule has 1 saturated heterocycles. The largest absolute Gasteiger partial charge is 0.342 e. The fourth-order valence-corrected chi connectivity index (χ4v) is 3.80. The van der Waals surface area contributed by atoms with Crippen molar-refractivity contribution >= 4 is 16.9 Å². The van der Waals surface area contributed by atoms with Crippen molar-refractivity contribution in [1.29, 1.82) is 0 Å². The molecule has 128 valence electrons. The van der Waals surface area contributed by atoms with Gasteiger partial charge in [-0.2, -0.15) is 5.10 Å². The van der Waals surface area contributed by atoms with E-state index in [-0.39, 0.29) is 17.4 Å². The molecule has 7 heteroatoms. The number of nitrogens with one attached hydrogen (secondary N) is 1. The molecule has 1 aliphatic carbocycles. The lowest BCUT2D eigenvalue weighted by Gasteiger charge is -2.30. The van der Waals surface area contributed by atoms with Crippen molar-refractivity contribution in [1.82, 2.24) is 24.6 Å². The van der Waals surface area contributed by atoms with E-state index in [1.54, 1.807) is 4.68 Å². The summed E-state index contributed by atoms with van der Waals surface area (Å²) in [6.07, 6.45) is 4.17. The molecule has 0 radical (unpaired) electrons. The Morgan fingerprint density at radius 3 is 2.75 bits per heavy atom.